The molecule has 156 valence electrons. The molecule has 0 bridgehead atoms. The van der Waals surface area contributed by atoms with Crippen molar-refractivity contribution < 1.29 is 14.5 Å². The molecule has 1 atom stereocenters. The molecule has 0 aliphatic carbocycles. The number of nitrogens with zero attached hydrogens (tertiary/aromatic N) is 3. The van der Waals surface area contributed by atoms with Gasteiger partial charge in [-0.25, -0.2) is 4.68 Å². The summed E-state index contributed by atoms with van der Waals surface area (Å²) in [6.45, 7) is 6.00. The normalized spacial score (nSPS) is 11.9. The fourth-order valence-electron chi connectivity index (χ4n) is 2.81. The van der Waals surface area contributed by atoms with E-state index >= 15 is 0 Å². The number of benzene rings is 2. The molecule has 0 spiro atoms. The zero-order valence-electron chi connectivity index (χ0n) is 17.3. The zero-order valence-corrected chi connectivity index (χ0v) is 17.3. The first kappa shape index (κ1) is 21.0. The first-order chi connectivity index (χ1) is 14.3. The molecule has 0 saturated carbocycles. The molecule has 2 aromatic carbocycles. The highest BCUT2D eigenvalue weighted by Crippen LogP contribution is 2.25. The van der Waals surface area contributed by atoms with E-state index in [4.69, 9.17) is 4.74 Å². The van der Waals surface area contributed by atoms with Crippen molar-refractivity contribution in [1.29, 1.82) is 0 Å². The summed E-state index contributed by atoms with van der Waals surface area (Å²) >= 11 is 0. The molecule has 1 N–H and O–H groups in total. The molecule has 0 radical (unpaired) electrons. The largest absolute Gasteiger partial charge is 0.497 e. The van der Waals surface area contributed by atoms with Crippen LogP contribution >= 0.6 is 0 Å². The van der Waals surface area contributed by atoms with E-state index in [1.54, 1.807) is 25.3 Å². The number of nitrogens with one attached hydrogen (secondary N) is 1. The maximum atomic E-state index is 13.0. The van der Waals surface area contributed by atoms with Crippen LogP contribution < -0.4 is 10.1 Å². The zero-order chi connectivity index (χ0) is 21.8. The van der Waals surface area contributed by atoms with Gasteiger partial charge in [0.05, 0.1) is 23.4 Å². The minimum atomic E-state index is -0.465. The molecule has 30 heavy (non-hydrogen) atoms. The van der Waals surface area contributed by atoms with Crippen LogP contribution in [0.3, 0.4) is 0 Å². The molecule has 0 aliphatic rings. The van der Waals surface area contributed by atoms with Gasteiger partial charge in [-0.3, -0.25) is 14.9 Å². The lowest BCUT2D eigenvalue weighted by Gasteiger charge is -2.17. The van der Waals surface area contributed by atoms with Crippen LogP contribution in [0.1, 0.15) is 31.3 Å². The topological polar surface area (TPSA) is 99.3 Å². The maximum Gasteiger partial charge on any atom is 0.270 e. The van der Waals surface area contributed by atoms with Gasteiger partial charge in [0, 0.05) is 23.7 Å². The summed E-state index contributed by atoms with van der Waals surface area (Å²) in [4.78, 5) is 23.5. The second kappa shape index (κ2) is 8.77. The molecule has 1 heterocycles. The lowest BCUT2D eigenvalue weighted by Crippen LogP contribution is -2.37. The Labute approximate surface area is 174 Å². The Bertz CT molecular complexity index is 1040. The van der Waals surface area contributed by atoms with Crippen molar-refractivity contribution in [1.82, 2.24) is 15.1 Å². The molecular weight excluding hydrogens is 384 g/mol. The smallest absolute Gasteiger partial charge is 0.270 e. The number of hydrogen-bond donors (Lipinski definition) is 1. The van der Waals surface area contributed by atoms with Gasteiger partial charge < -0.3 is 10.1 Å². The van der Waals surface area contributed by atoms with Crippen LogP contribution in [0.15, 0.2) is 54.6 Å². The minimum Gasteiger partial charge on any atom is -0.497 e. The van der Waals surface area contributed by atoms with E-state index in [-0.39, 0.29) is 23.6 Å². The number of aromatic nitrogens is 2. The number of rotatable bonds is 7. The predicted molar refractivity (Wildman–Crippen MR) is 114 cm³/mol. The Morgan fingerprint density at radius 2 is 1.73 bits per heavy atom. The SMILES string of the molecule is COc1ccc(-c2cc(C(=O)NC(C)C(C)C)n(-c3ccc([N+](=O)[O-])cc3)n2)cc1. The molecule has 0 fully saturated rings. The molecule has 0 saturated heterocycles. The van der Waals surface area contributed by atoms with Crippen molar-refractivity contribution in [2.75, 3.05) is 7.11 Å². The Morgan fingerprint density at radius 3 is 2.27 bits per heavy atom. The van der Waals surface area contributed by atoms with Gasteiger partial charge in [-0.1, -0.05) is 13.8 Å². The lowest BCUT2D eigenvalue weighted by molar-refractivity contribution is -0.384. The van der Waals surface area contributed by atoms with E-state index in [9.17, 15) is 14.9 Å². The fraction of sp³-hybridized carbons (Fsp3) is 0.273. The first-order valence-corrected chi connectivity index (χ1v) is 9.60. The summed E-state index contributed by atoms with van der Waals surface area (Å²) in [5.41, 5.74) is 2.31. The summed E-state index contributed by atoms with van der Waals surface area (Å²) in [7, 11) is 1.59. The summed E-state index contributed by atoms with van der Waals surface area (Å²) in [5.74, 6) is 0.727. The lowest BCUT2D eigenvalue weighted by atomic mass is 10.1. The van der Waals surface area contributed by atoms with E-state index < -0.39 is 4.92 Å². The number of non-ortho nitro benzene ring substituents is 1. The number of methoxy groups -OCH3 is 1. The fourth-order valence-corrected chi connectivity index (χ4v) is 2.81. The highest BCUT2D eigenvalue weighted by atomic mass is 16.6. The molecule has 8 heteroatoms. The highest BCUT2D eigenvalue weighted by Gasteiger charge is 2.20. The van der Waals surface area contributed by atoms with Crippen molar-refractivity contribution in [3.63, 3.8) is 0 Å². The van der Waals surface area contributed by atoms with E-state index in [1.165, 1.54) is 16.8 Å². The summed E-state index contributed by atoms with van der Waals surface area (Å²) in [6.07, 6.45) is 0. The van der Waals surface area contributed by atoms with Gasteiger partial charge in [-0.05, 0) is 55.3 Å². The van der Waals surface area contributed by atoms with Gasteiger partial charge in [0.15, 0.2) is 0 Å². The second-order valence-corrected chi connectivity index (χ2v) is 7.33. The van der Waals surface area contributed by atoms with Crippen molar-refractivity contribution >= 4 is 11.6 Å². The van der Waals surface area contributed by atoms with Crippen LogP contribution in [0, 0.1) is 16.0 Å². The number of carbonyl (C=O) groups is 1. The third kappa shape index (κ3) is 4.48. The second-order valence-electron chi connectivity index (χ2n) is 7.33. The molecule has 0 aliphatic heterocycles. The number of amides is 1. The standard InChI is InChI=1S/C22H24N4O4/c1-14(2)15(3)23-22(27)21-13-20(16-5-11-19(30-4)12-6-16)24-25(21)17-7-9-18(10-8-17)26(28)29/h5-15H,1-4H3,(H,23,27). The van der Waals surface area contributed by atoms with Crippen LogP contribution in [-0.4, -0.2) is 33.8 Å². The number of nitro benzene ring substituents is 1. The average Bonchev–Trinajstić information content (AvgIpc) is 3.19. The van der Waals surface area contributed by atoms with E-state index in [2.05, 4.69) is 10.4 Å². The summed E-state index contributed by atoms with van der Waals surface area (Å²) in [5, 5.41) is 18.5. The molecule has 1 unspecified atom stereocenters. The van der Waals surface area contributed by atoms with Crippen LogP contribution in [0.5, 0.6) is 5.75 Å². The number of hydrogen-bond acceptors (Lipinski definition) is 5. The van der Waals surface area contributed by atoms with Gasteiger partial charge in [0.2, 0.25) is 0 Å². The Balaban J connectivity index is 2.04. The predicted octanol–water partition coefficient (Wildman–Crippen LogP) is 4.23. The average molecular weight is 408 g/mol. The molecule has 3 aromatic rings. The molecule has 1 amide bonds. The van der Waals surface area contributed by atoms with Crippen molar-refractivity contribution in [2.24, 2.45) is 5.92 Å². The van der Waals surface area contributed by atoms with Gasteiger partial charge in [0.25, 0.3) is 11.6 Å². The van der Waals surface area contributed by atoms with Crippen molar-refractivity contribution in [2.45, 2.75) is 26.8 Å². The third-order valence-corrected chi connectivity index (χ3v) is 4.99. The van der Waals surface area contributed by atoms with E-state index in [0.717, 1.165) is 11.3 Å². The molecule has 8 nitrogen and oxygen atoms in total. The Hall–Kier alpha value is -3.68. The molecule has 1 aromatic heterocycles. The van der Waals surface area contributed by atoms with E-state index in [1.807, 2.05) is 45.0 Å². The molecular formula is C22H24N4O4. The van der Waals surface area contributed by atoms with Crippen LogP contribution in [-0.2, 0) is 0 Å². The van der Waals surface area contributed by atoms with Gasteiger partial charge in [-0.2, -0.15) is 5.10 Å². The van der Waals surface area contributed by atoms with E-state index in [0.29, 0.717) is 17.1 Å². The van der Waals surface area contributed by atoms with Crippen LogP contribution in [0.25, 0.3) is 16.9 Å². The highest BCUT2D eigenvalue weighted by molar-refractivity contribution is 5.94. The molecule has 3 rings (SSSR count). The first-order valence-electron chi connectivity index (χ1n) is 9.60. The van der Waals surface area contributed by atoms with Gasteiger partial charge >= 0.3 is 0 Å². The van der Waals surface area contributed by atoms with Crippen LogP contribution in [0.4, 0.5) is 5.69 Å². The van der Waals surface area contributed by atoms with Crippen molar-refractivity contribution in [3.05, 3.63) is 70.4 Å². The summed E-state index contributed by atoms with van der Waals surface area (Å²) < 4.78 is 6.70. The Morgan fingerprint density at radius 1 is 1.10 bits per heavy atom. The van der Waals surface area contributed by atoms with Gasteiger partial charge in [0.1, 0.15) is 11.4 Å². The van der Waals surface area contributed by atoms with Crippen molar-refractivity contribution in [3.8, 4) is 22.7 Å². The number of nitro groups is 1. The monoisotopic (exact) mass is 408 g/mol. The minimum absolute atomic E-state index is 0.0258. The van der Waals surface area contributed by atoms with Crippen LogP contribution in [0.2, 0.25) is 0 Å². The van der Waals surface area contributed by atoms with Gasteiger partial charge in [-0.15, -0.1) is 0 Å². The number of ether oxygens (including phenoxy) is 1. The quantitative estimate of drug-likeness (QED) is 0.466. The Kier molecular flexibility index (Phi) is 6.15. The summed E-state index contributed by atoms with van der Waals surface area (Å²) in [6, 6.07) is 15.0. The number of carbonyl (C=O) groups excluding carboxylic acids is 1. The third-order valence-electron chi connectivity index (χ3n) is 4.99. The maximum absolute atomic E-state index is 13.0.